The van der Waals surface area contributed by atoms with Crippen molar-refractivity contribution >= 4 is 5.97 Å². The Bertz CT molecular complexity index is 263. The van der Waals surface area contributed by atoms with Gasteiger partial charge in [0.15, 0.2) is 6.10 Å². The summed E-state index contributed by atoms with van der Waals surface area (Å²) in [6, 6.07) is -0.0135. The third kappa shape index (κ3) is 3.66. The minimum atomic E-state index is -0.537. The van der Waals surface area contributed by atoms with Gasteiger partial charge in [-0.05, 0) is 20.8 Å². The van der Waals surface area contributed by atoms with E-state index >= 15 is 0 Å². The molecule has 0 aromatic heterocycles. The van der Waals surface area contributed by atoms with Gasteiger partial charge >= 0.3 is 5.97 Å². The molecule has 0 unspecified atom stereocenters. The second-order valence-corrected chi connectivity index (χ2v) is 5.36. The molecule has 1 fully saturated rings. The van der Waals surface area contributed by atoms with Crippen LogP contribution in [0.3, 0.4) is 0 Å². The molecule has 1 heterocycles. The predicted octanol–water partition coefficient (Wildman–Crippen LogP) is 0.247. The van der Waals surface area contributed by atoms with Crippen molar-refractivity contribution in [2.45, 2.75) is 38.5 Å². The van der Waals surface area contributed by atoms with Crippen LogP contribution in [0.15, 0.2) is 0 Å². The average Bonchev–Trinajstić information content (AvgIpc) is 2.29. The average molecular weight is 244 g/mol. The fourth-order valence-corrected chi connectivity index (χ4v) is 2.13. The number of esters is 1. The molecule has 1 saturated heterocycles. The SMILES string of the molecule is COC(=O)[C@H](OC)[C@@H]1CN(C(C)(C)C)CCN1. The summed E-state index contributed by atoms with van der Waals surface area (Å²) in [4.78, 5) is 13.9. The number of methoxy groups -OCH3 is 2. The van der Waals surface area contributed by atoms with E-state index in [1.54, 1.807) is 7.11 Å². The molecule has 0 amide bonds. The first-order valence-electron chi connectivity index (χ1n) is 5.99. The van der Waals surface area contributed by atoms with Gasteiger partial charge in [-0.3, -0.25) is 4.90 Å². The molecule has 1 N–H and O–H groups in total. The van der Waals surface area contributed by atoms with Crippen LogP contribution in [-0.2, 0) is 14.3 Å². The Labute approximate surface area is 103 Å². The summed E-state index contributed by atoms with van der Waals surface area (Å²) in [6.45, 7) is 9.16. The monoisotopic (exact) mass is 244 g/mol. The van der Waals surface area contributed by atoms with E-state index in [0.29, 0.717) is 0 Å². The maximum absolute atomic E-state index is 11.6. The van der Waals surface area contributed by atoms with Crippen LogP contribution in [-0.4, -0.2) is 62.4 Å². The van der Waals surface area contributed by atoms with Crippen molar-refractivity contribution in [3.8, 4) is 0 Å². The quantitative estimate of drug-likeness (QED) is 0.721. The maximum atomic E-state index is 11.6. The molecular formula is C12H24N2O3. The number of hydrogen-bond acceptors (Lipinski definition) is 5. The van der Waals surface area contributed by atoms with Gasteiger partial charge < -0.3 is 14.8 Å². The van der Waals surface area contributed by atoms with Crippen LogP contribution >= 0.6 is 0 Å². The molecule has 0 aliphatic carbocycles. The number of piperazine rings is 1. The lowest BCUT2D eigenvalue weighted by Crippen LogP contribution is -2.61. The second-order valence-electron chi connectivity index (χ2n) is 5.36. The Kier molecular flexibility index (Phi) is 4.91. The first-order chi connectivity index (χ1) is 7.90. The lowest BCUT2D eigenvalue weighted by molar-refractivity contribution is -0.155. The van der Waals surface area contributed by atoms with E-state index in [4.69, 9.17) is 9.47 Å². The highest BCUT2D eigenvalue weighted by Gasteiger charge is 2.35. The van der Waals surface area contributed by atoms with Crippen molar-refractivity contribution in [2.75, 3.05) is 33.9 Å². The summed E-state index contributed by atoms with van der Waals surface area (Å²) >= 11 is 0. The Hall–Kier alpha value is -0.650. The van der Waals surface area contributed by atoms with Crippen LogP contribution in [0, 0.1) is 0 Å². The molecule has 1 rings (SSSR count). The summed E-state index contributed by atoms with van der Waals surface area (Å²) < 4.78 is 9.99. The van der Waals surface area contributed by atoms with E-state index < -0.39 is 6.10 Å². The lowest BCUT2D eigenvalue weighted by atomic mass is 10.0. The first kappa shape index (κ1) is 14.4. The minimum Gasteiger partial charge on any atom is -0.467 e. The number of rotatable bonds is 3. The fourth-order valence-electron chi connectivity index (χ4n) is 2.13. The molecule has 0 spiro atoms. The van der Waals surface area contributed by atoms with Crippen LogP contribution in [0.25, 0.3) is 0 Å². The van der Waals surface area contributed by atoms with E-state index in [9.17, 15) is 4.79 Å². The Morgan fingerprint density at radius 3 is 2.53 bits per heavy atom. The van der Waals surface area contributed by atoms with Crippen molar-refractivity contribution < 1.29 is 14.3 Å². The summed E-state index contributed by atoms with van der Waals surface area (Å²) in [6.07, 6.45) is -0.537. The molecule has 0 bridgehead atoms. The summed E-state index contributed by atoms with van der Waals surface area (Å²) in [5.74, 6) is -0.319. The zero-order chi connectivity index (χ0) is 13.1. The maximum Gasteiger partial charge on any atom is 0.336 e. The molecule has 0 aromatic carbocycles. The minimum absolute atomic E-state index is 0.0135. The number of nitrogens with zero attached hydrogens (tertiary/aromatic N) is 1. The number of hydrogen-bond donors (Lipinski definition) is 1. The third-order valence-electron chi connectivity index (χ3n) is 3.21. The van der Waals surface area contributed by atoms with E-state index in [2.05, 4.69) is 31.0 Å². The molecule has 1 aliphatic rings. The Morgan fingerprint density at radius 2 is 2.06 bits per heavy atom. The molecule has 0 saturated carbocycles. The van der Waals surface area contributed by atoms with Crippen molar-refractivity contribution in [1.82, 2.24) is 10.2 Å². The largest absolute Gasteiger partial charge is 0.467 e. The topological polar surface area (TPSA) is 50.8 Å². The van der Waals surface area contributed by atoms with Crippen LogP contribution in [0.4, 0.5) is 0 Å². The van der Waals surface area contributed by atoms with Crippen LogP contribution in [0.2, 0.25) is 0 Å². The molecule has 5 nitrogen and oxygen atoms in total. The van der Waals surface area contributed by atoms with E-state index in [-0.39, 0.29) is 17.6 Å². The van der Waals surface area contributed by atoms with Gasteiger partial charge in [-0.1, -0.05) is 0 Å². The van der Waals surface area contributed by atoms with Gasteiger partial charge in [-0.15, -0.1) is 0 Å². The fraction of sp³-hybridized carbons (Fsp3) is 0.917. The van der Waals surface area contributed by atoms with Crippen LogP contribution < -0.4 is 5.32 Å². The third-order valence-corrected chi connectivity index (χ3v) is 3.21. The molecule has 2 atom stereocenters. The highest BCUT2D eigenvalue weighted by molar-refractivity contribution is 5.75. The van der Waals surface area contributed by atoms with Crippen molar-refractivity contribution in [1.29, 1.82) is 0 Å². The number of carbonyl (C=O) groups excluding carboxylic acids is 1. The number of carbonyl (C=O) groups is 1. The molecule has 1 aliphatic heterocycles. The molecule has 0 radical (unpaired) electrons. The van der Waals surface area contributed by atoms with Gasteiger partial charge in [0, 0.05) is 32.3 Å². The van der Waals surface area contributed by atoms with Gasteiger partial charge in [0.2, 0.25) is 0 Å². The highest BCUT2D eigenvalue weighted by atomic mass is 16.6. The predicted molar refractivity (Wildman–Crippen MR) is 65.9 cm³/mol. The smallest absolute Gasteiger partial charge is 0.336 e. The van der Waals surface area contributed by atoms with Crippen LogP contribution in [0.1, 0.15) is 20.8 Å². The zero-order valence-electron chi connectivity index (χ0n) is 11.4. The summed E-state index contributed by atoms with van der Waals surface area (Å²) in [5, 5.41) is 3.32. The standard InChI is InChI=1S/C12H24N2O3/c1-12(2,3)14-7-6-13-9(8-14)10(16-4)11(15)17-5/h9-10,13H,6-8H2,1-5H3/t9-,10+/m0/s1. The van der Waals surface area contributed by atoms with Crippen molar-refractivity contribution in [3.05, 3.63) is 0 Å². The lowest BCUT2D eigenvalue weighted by Gasteiger charge is -2.43. The summed E-state index contributed by atoms with van der Waals surface area (Å²) in [5.41, 5.74) is 0.106. The molecular weight excluding hydrogens is 220 g/mol. The highest BCUT2D eigenvalue weighted by Crippen LogP contribution is 2.17. The van der Waals surface area contributed by atoms with Crippen molar-refractivity contribution in [2.24, 2.45) is 0 Å². The van der Waals surface area contributed by atoms with E-state index in [1.165, 1.54) is 7.11 Å². The normalized spacial score (nSPS) is 24.4. The molecule has 17 heavy (non-hydrogen) atoms. The molecule has 100 valence electrons. The Morgan fingerprint density at radius 1 is 1.41 bits per heavy atom. The zero-order valence-corrected chi connectivity index (χ0v) is 11.4. The van der Waals surface area contributed by atoms with Gasteiger partial charge in [-0.25, -0.2) is 4.79 Å². The number of nitrogens with one attached hydrogen (secondary N) is 1. The summed E-state index contributed by atoms with van der Waals surface area (Å²) in [7, 11) is 2.93. The number of ether oxygens (including phenoxy) is 2. The van der Waals surface area contributed by atoms with Gasteiger partial charge in [0.1, 0.15) is 0 Å². The van der Waals surface area contributed by atoms with Gasteiger partial charge in [0.25, 0.3) is 0 Å². The molecule has 5 heteroatoms. The second kappa shape index (κ2) is 5.80. The van der Waals surface area contributed by atoms with E-state index in [1.807, 2.05) is 0 Å². The first-order valence-corrected chi connectivity index (χ1v) is 5.99. The molecule has 0 aromatic rings. The van der Waals surface area contributed by atoms with Gasteiger partial charge in [0.05, 0.1) is 13.2 Å². The Balaban J connectivity index is 2.68. The van der Waals surface area contributed by atoms with E-state index in [0.717, 1.165) is 19.6 Å². The van der Waals surface area contributed by atoms with Crippen molar-refractivity contribution in [3.63, 3.8) is 0 Å². The van der Waals surface area contributed by atoms with Gasteiger partial charge in [-0.2, -0.15) is 0 Å². The van der Waals surface area contributed by atoms with Crippen LogP contribution in [0.5, 0.6) is 0 Å².